The van der Waals surface area contributed by atoms with Crippen molar-refractivity contribution in [3.05, 3.63) is 89.2 Å². The minimum Gasteiger partial charge on any atom is -0.350 e. The van der Waals surface area contributed by atoms with Crippen molar-refractivity contribution in [3.63, 3.8) is 0 Å². The molecule has 0 radical (unpaired) electrons. The zero-order valence-corrected chi connectivity index (χ0v) is 17.3. The molecule has 0 aliphatic carbocycles. The Morgan fingerprint density at radius 1 is 1.07 bits per heavy atom. The van der Waals surface area contributed by atoms with Gasteiger partial charge >= 0.3 is 0 Å². The number of hydrogen-bond acceptors (Lipinski definition) is 4. The highest BCUT2D eigenvalue weighted by molar-refractivity contribution is 7.92. The monoisotopic (exact) mass is 429 g/mol. The summed E-state index contributed by atoms with van der Waals surface area (Å²) >= 11 is 5.89. The number of carbonyl (C=O) groups excluding carboxylic acids is 1. The van der Waals surface area contributed by atoms with Gasteiger partial charge in [-0.25, -0.2) is 8.42 Å². The molecule has 1 N–H and O–H groups in total. The van der Waals surface area contributed by atoms with E-state index < -0.39 is 15.9 Å². The zero-order chi connectivity index (χ0) is 20.9. The number of nitrogens with zero attached hydrogens (tertiary/aromatic N) is 2. The molecule has 3 rings (SSSR count). The number of pyridine rings is 1. The molecule has 0 atom stereocenters. The van der Waals surface area contributed by atoms with E-state index >= 15 is 0 Å². The number of carbonyl (C=O) groups is 1. The number of anilines is 1. The Morgan fingerprint density at radius 3 is 2.41 bits per heavy atom. The predicted molar refractivity (Wildman–Crippen MR) is 113 cm³/mol. The SMILES string of the molecule is Cc1cccc(N(CC(=O)NCc2ccncc2)S(=O)(=O)c2ccc(Cl)cc2)c1. The summed E-state index contributed by atoms with van der Waals surface area (Å²) in [5.74, 6) is -0.416. The Kier molecular flexibility index (Phi) is 6.51. The van der Waals surface area contributed by atoms with Crippen LogP contribution in [0.4, 0.5) is 5.69 Å². The molecular formula is C21H20ClN3O3S. The maximum absolute atomic E-state index is 13.3. The van der Waals surface area contributed by atoms with Crippen LogP contribution in [0.5, 0.6) is 0 Å². The van der Waals surface area contributed by atoms with Gasteiger partial charge in [0, 0.05) is 24.0 Å². The van der Waals surface area contributed by atoms with Gasteiger partial charge in [0.2, 0.25) is 5.91 Å². The molecule has 0 saturated heterocycles. The van der Waals surface area contributed by atoms with Gasteiger partial charge in [-0.1, -0.05) is 23.7 Å². The van der Waals surface area contributed by atoms with Crippen molar-refractivity contribution in [3.8, 4) is 0 Å². The summed E-state index contributed by atoms with van der Waals surface area (Å²) in [7, 11) is -3.96. The molecule has 6 nitrogen and oxygen atoms in total. The van der Waals surface area contributed by atoms with Crippen LogP contribution in [0.2, 0.25) is 5.02 Å². The molecule has 2 aromatic carbocycles. The Bertz CT molecular complexity index is 1090. The van der Waals surface area contributed by atoms with E-state index in [0.29, 0.717) is 10.7 Å². The van der Waals surface area contributed by atoms with E-state index in [4.69, 9.17) is 11.6 Å². The van der Waals surface area contributed by atoms with Gasteiger partial charge in [-0.15, -0.1) is 0 Å². The second kappa shape index (κ2) is 9.07. The fraction of sp³-hybridized carbons (Fsp3) is 0.143. The van der Waals surface area contributed by atoms with Crippen LogP contribution < -0.4 is 9.62 Å². The minimum atomic E-state index is -3.96. The normalized spacial score (nSPS) is 11.1. The van der Waals surface area contributed by atoms with Gasteiger partial charge in [-0.2, -0.15) is 0 Å². The molecular weight excluding hydrogens is 410 g/mol. The number of amides is 1. The van der Waals surface area contributed by atoms with Crippen LogP contribution >= 0.6 is 11.6 Å². The van der Waals surface area contributed by atoms with Crippen molar-refractivity contribution >= 4 is 33.2 Å². The first kappa shape index (κ1) is 20.8. The summed E-state index contributed by atoms with van der Waals surface area (Å²) in [6.45, 7) is 1.80. The molecule has 1 heterocycles. The summed E-state index contributed by atoms with van der Waals surface area (Å²) in [5.41, 5.74) is 2.17. The fourth-order valence-electron chi connectivity index (χ4n) is 2.72. The predicted octanol–water partition coefficient (Wildman–Crippen LogP) is 3.56. The van der Waals surface area contributed by atoms with Crippen molar-refractivity contribution in [1.29, 1.82) is 0 Å². The highest BCUT2D eigenvalue weighted by Crippen LogP contribution is 2.25. The smallest absolute Gasteiger partial charge is 0.264 e. The molecule has 0 saturated carbocycles. The van der Waals surface area contributed by atoms with Gasteiger partial charge in [-0.3, -0.25) is 14.1 Å². The van der Waals surface area contributed by atoms with E-state index in [9.17, 15) is 13.2 Å². The van der Waals surface area contributed by atoms with Crippen LogP contribution in [-0.4, -0.2) is 25.9 Å². The average Bonchev–Trinajstić information content (AvgIpc) is 2.71. The molecule has 29 heavy (non-hydrogen) atoms. The van der Waals surface area contributed by atoms with E-state index in [1.165, 1.54) is 24.3 Å². The maximum atomic E-state index is 13.3. The van der Waals surface area contributed by atoms with Crippen LogP contribution in [0, 0.1) is 6.92 Å². The largest absolute Gasteiger partial charge is 0.350 e. The summed E-state index contributed by atoms with van der Waals surface area (Å²) in [5, 5.41) is 3.18. The quantitative estimate of drug-likeness (QED) is 0.622. The third-order valence-corrected chi connectivity index (χ3v) is 6.26. The molecule has 0 fully saturated rings. The van der Waals surface area contributed by atoms with Crippen molar-refractivity contribution in [1.82, 2.24) is 10.3 Å². The van der Waals surface area contributed by atoms with E-state index in [0.717, 1.165) is 15.4 Å². The second-order valence-electron chi connectivity index (χ2n) is 6.44. The lowest BCUT2D eigenvalue weighted by atomic mass is 10.2. The Hall–Kier alpha value is -2.90. The van der Waals surface area contributed by atoms with Gasteiger partial charge < -0.3 is 5.32 Å². The molecule has 0 unspecified atom stereocenters. The van der Waals surface area contributed by atoms with Crippen LogP contribution in [0.25, 0.3) is 0 Å². The first-order valence-corrected chi connectivity index (χ1v) is 10.7. The second-order valence-corrected chi connectivity index (χ2v) is 8.74. The summed E-state index contributed by atoms with van der Waals surface area (Å²) in [6, 6.07) is 16.4. The van der Waals surface area contributed by atoms with Crippen LogP contribution in [0.1, 0.15) is 11.1 Å². The maximum Gasteiger partial charge on any atom is 0.264 e. The van der Waals surface area contributed by atoms with E-state index in [-0.39, 0.29) is 18.0 Å². The standard InChI is InChI=1S/C21H20ClN3O3S/c1-16-3-2-4-19(13-16)25(29(27,28)20-7-5-18(22)6-8-20)15-21(26)24-14-17-9-11-23-12-10-17/h2-13H,14-15H2,1H3,(H,24,26). The van der Waals surface area contributed by atoms with E-state index in [2.05, 4.69) is 10.3 Å². The van der Waals surface area contributed by atoms with Gasteiger partial charge in [0.05, 0.1) is 10.6 Å². The summed E-state index contributed by atoms with van der Waals surface area (Å²) < 4.78 is 27.6. The topological polar surface area (TPSA) is 79.4 Å². The van der Waals surface area contributed by atoms with Crippen LogP contribution in [0.3, 0.4) is 0 Å². The molecule has 0 aliphatic rings. The van der Waals surface area contributed by atoms with Crippen LogP contribution in [-0.2, 0) is 21.4 Å². The van der Waals surface area contributed by atoms with Crippen molar-refractivity contribution in [2.24, 2.45) is 0 Å². The van der Waals surface area contributed by atoms with Gasteiger partial charge in [0.25, 0.3) is 10.0 Å². The first-order valence-electron chi connectivity index (χ1n) is 8.87. The van der Waals surface area contributed by atoms with Gasteiger partial charge in [-0.05, 0) is 66.6 Å². The molecule has 0 aliphatic heterocycles. The van der Waals surface area contributed by atoms with Gasteiger partial charge in [0.15, 0.2) is 0 Å². The molecule has 1 amide bonds. The highest BCUT2D eigenvalue weighted by atomic mass is 35.5. The lowest BCUT2D eigenvalue weighted by Gasteiger charge is -2.24. The average molecular weight is 430 g/mol. The number of rotatable bonds is 7. The summed E-state index contributed by atoms with van der Waals surface area (Å²) in [4.78, 5) is 16.6. The van der Waals surface area contributed by atoms with E-state index in [1.54, 1.807) is 42.7 Å². The minimum absolute atomic E-state index is 0.0605. The number of aryl methyl sites for hydroxylation is 1. The summed E-state index contributed by atoms with van der Waals surface area (Å²) in [6.07, 6.45) is 3.26. The zero-order valence-electron chi connectivity index (χ0n) is 15.7. The first-order chi connectivity index (χ1) is 13.9. The fourth-order valence-corrected chi connectivity index (χ4v) is 4.26. The molecule has 3 aromatic rings. The van der Waals surface area contributed by atoms with E-state index in [1.807, 2.05) is 13.0 Å². The Morgan fingerprint density at radius 2 is 1.76 bits per heavy atom. The third kappa shape index (κ3) is 5.34. The number of sulfonamides is 1. The lowest BCUT2D eigenvalue weighted by Crippen LogP contribution is -2.40. The molecule has 8 heteroatoms. The van der Waals surface area contributed by atoms with Crippen molar-refractivity contribution in [2.45, 2.75) is 18.4 Å². The Balaban J connectivity index is 1.87. The van der Waals surface area contributed by atoms with Crippen molar-refractivity contribution in [2.75, 3.05) is 10.8 Å². The number of nitrogens with one attached hydrogen (secondary N) is 1. The Labute approximate surface area is 175 Å². The molecule has 0 spiro atoms. The number of aromatic nitrogens is 1. The van der Waals surface area contributed by atoms with Crippen molar-refractivity contribution < 1.29 is 13.2 Å². The number of hydrogen-bond donors (Lipinski definition) is 1. The molecule has 1 aromatic heterocycles. The molecule has 150 valence electrons. The number of halogens is 1. The number of benzene rings is 2. The lowest BCUT2D eigenvalue weighted by molar-refractivity contribution is -0.119. The third-order valence-electron chi connectivity index (χ3n) is 4.22. The van der Waals surface area contributed by atoms with Crippen LogP contribution in [0.15, 0.2) is 78.0 Å². The molecule has 0 bridgehead atoms. The highest BCUT2D eigenvalue weighted by Gasteiger charge is 2.27. The van der Waals surface area contributed by atoms with Gasteiger partial charge in [0.1, 0.15) is 6.54 Å².